The first kappa shape index (κ1) is 17.0. The summed E-state index contributed by atoms with van der Waals surface area (Å²) in [7, 11) is 0. The summed E-state index contributed by atoms with van der Waals surface area (Å²) in [5.74, 6) is 0.786. The maximum Gasteiger partial charge on any atom is 0.245 e. The van der Waals surface area contributed by atoms with Crippen LogP contribution in [0.4, 0.5) is 0 Å². The lowest BCUT2D eigenvalue weighted by Crippen LogP contribution is -2.31. The van der Waals surface area contributed by atoms with Crippen LogP contribution in [-0.4, -0.2) is 43.5 Å². The summed E-state index contributed by atoms with van der Waals surface area (Å²) in [5, 5.41) is 6.79. The van der Waals surface area contributed by atoms with Crippen LogP contribution >= 0.6 is 0 Å². The molecule has 6 nitrogen and oxygen atoms in total. The Morgan fingerprint density at radius 1 is 1.41 bits per heavy atom. The Hall–Kier alpha value is -1.40. The van der Waals surface area contributed by atoms with Gasteiger partial charge in [0.15, 0.2) is 0 Å². The molecule has 1 aromatic rings. The quantitative estimate of drug-likeness (QED) is 0.743. The van der Waals surface area contributed by atoms with Crippen molar-refractivity contribution < 1.29 is 18.8 Å². The maximum absolute atomic E-state index is 11.7. The second-order valence-electron chi connectivity index (χ2n) is 5.76. The molecule has 0 bridgehead atoms. The minimum Gasteiger partial charge on any atom is -0.376 e. The Kier molecular flexibility index (Phi) is 6.86. The third-order valence-corrected chi connectivity index (χ3v) is 3.92. The van der Waals surface area contributed by atoms with E-state index in [0.29, 0.717) is 13.2 Å². The number of aromatic nitrogens is 1. The van der Waals surface area contributed by atoms with Gasteiger partial charge in [-0.25, -0.2) is 0 Å². The number of hydrogen-bond donors (Lipinski definition) is 1. The van der Waals surface area contributed by atoms with Gasteiger partial charge in [-0.1, -0.05) is 5.16 Å². The van der Waals surface area contributed by atoms with E-state index in [0.717, 1.165) is 49.3 Å². The van der Waals surface area contributed by atoms with Crippen molar-refractivity contribution in [2.24, 2.45) is 0 Å². The van der Waals surface area contributed by atoms with Crippen molar-refractivity contribution in [1.29, 1.82) is 0 Å². The van der Waals surface area contributed by atoms with Crippen LogP contribution < -0.4 is 5.32 Å². The van der Waals surface area contributed by atoms with E-state index in [4.69, 9.17) is 14.0 Å². The van der Waals surface area contributed by atoms with Gasteiger partial charge in [-0.2, -0.15) is 0 Å². The predicted molar refractivity (Wildman–Crippen MR) is 81.7 cm³/mol. The fourth-order valence-corrected chi connectivity index (χ4v) is 2.62. The van der Waals surface area contributed by atoms with E-state index >= 15 is 0 Å². The van der Waals surface area contributed by atoms with Crippen molar-refractivity contribution in [2.45, 2.75) is 52.1 Å². The van der Waals surface area contributed by atoms with Gasteiger partial charge in [0.05, 0.1) is 18.4 Å². The van der Waals surface area contributed by atoms with Gasteiger partial charge in [0, 0.05) is 18.7 Å². The number of ether oxygens (including phenoxy) is 2. The summed E-state index contributed by atoms with van der Waals surface area (Å²) < 4.78 is 16.1. The molecule has 124 valence electrons. The summed E-state index contributed by atoms with van der Waals surface area (Å²) in [6, 6.07) is 0. The number of hydrogen-bond acceptors (Lipinski definition) is 5. The Labute approximate surface area is 131 Å². The van der Waals surface area contributed by atoms with Crippen molar-refractivity contribution in [3.8, 4) is 0 Å². The number of amides is 1. The van der Waals surface area contributed by atoms with Crippen LogP contribution in [0.1, 0.15) is 42.7 Å². The highest BCUT2D eigenvalue weighted by Crippen LogP contribution is 2.14. The van der Waals surface area contributed by atoms with Crippen LogP contribution in [0.5, 0.6) is 0 Å². The fourth-order valence-electron chi connectivity index (χ4n) is 2.62. The van der Waals surface area contributed by atoms with Crippen LogP contribution in [0.25, 0.3) is 0 Å². The van der Waals surface area contributed by atoms with Gasteiger partial charge in [0.1, 0.15) is 12.4 Å². The normalized spacial score (nSPS) is 18.4. The summed E-state index contributed by atoms with van der Waals surface area (Å²) >= 11 is 0. The number of carbonyl (C=O) groups is 1. The van der Waals surface area contributed by atoms with Crippen LogP contribution in [0.3, 0.4) is 0 Å². The SMILES string of the molecule is Cc1noc(C)c1CCCNC(=O)COC[C@@H]1CCCCO1. The zero-order valence-electron chi connectivity index (χ0n) is 13.5. The first-order chi connectivity index (χ1) is 10.7. The first-order valence-corrected chi connectivity index (χ1v) is 8.04. The van der Waals surface area contributed by atoms with E-state index in [1.165, 1.54) is 6.42 Å². The lowest BCUT2D eigenvalue weighted by molar-refractivity contribution is -0.127. The van der Waals surface area contributed by atoms with E-state index in [2.05, 4.69) is 10.5 Å². The number of nitrogens with one attached hydrogen (secondary N) is 1. The monoisotopic (exact) mass is 310 g/mol. The molecule has 2 rings (SSSR count). The number of nitrogens with zero attached hydrogens (tertiary/aromatic N) is 1. The molecule has 1 amide bonds. The van der Waals surface area contributed by atoms with Crippen molar-refractivity contribution in [3.05, 3.63) is 17.0 Å². The van der Waals surface area contributed by atoms with Gasteiger partial charge in [-0.05, 0) is 46.0 Å². The van der Waals surface area contributed by atoms with Crippen LogP contribution in [0.15, 0.2) is 4.52 Å². The van der Waals surface area contributed by atoms with Crippen molar-refractivity contribution in [1.82, 2.24) is 10.5 Å². The van der Waals surface area contributed by atoms with Crippen LogP contribution in [0.2, 0.25) is 0 Å². The summed E-state index contributed by atoms with van der Waals surface area (Å²) in [6.45, 7) is 5.90. The molecular weight excluding hydrogens is 284 g/mol. The topological polar surface area (TPSA) is 73.6 Å². The molecule has 22 heavy (non-hydrogen) atoms. The van der Waals surface area contributed by atoms with E-state index in [-0.39, 0.29) is 18.6 Å². The Morgan fingerprint density at radius 3 is 2.95 bits per heavy atom. The maximum atomic E-state index is 11.7. The molecule has 0 spiro atoms. The number of aryl methyl sites for hydroxylation is 2. The van der Waals surface area contributed by atoms with Crippen molar-refractivity contribution in [2.75, 3.05) is 26.4 Å². The molecule has 0 unspecified atom stereocenters. The lowest BCUT2D eigenvalue weighted by atomic mass is 10.1. The number of carbonyl (C=O) groups excluding carboxylic acids is 1. The van der Waals surface area contributed by atoms with Gasteiger partial charge >= 0.3 is 0 Å². The molecule has 1 aliphatic rings. The van der Waals surface area contributed by atoms with Gasteiger partial charge in [-0.3, -0.25) is 4.79 Å². The first-order valence-electron chi connectivity index (χ1n) is 8.04. The third kappa shape index (κ3) is 5.42. The predicted octanol–water partition coefficient (Wildman–Crippen LogP) is 1.93. The molecule has 1 atom stereocenters. The van der Waals surface area contributed by atoms with Gasteiger partial charge in [0.25, 0.3) is 0 Å². The molecule has 1 fully saturated rings. The number of rotatable bonds is 8. The highest BCUT2D eigenvalue weighted by Gasteiger charge is 2.14. The summed E-state index contributed by atoms with van der Waals surface area (Å²) in [6.07, 6.45) is 5.21. The minimum atomic E-state index is -0.0745. The molecule has 6 heteroatoms. The van der Waals surface area contributed by atoms with E-state index in [1.807, 2.05) is 13.8 Å². The van der Waals surface area contributed by atoms with Gasteiger partial charge < -0.3 is 19.3 Å². The molecule has 1 saturated heterocycles. The average molecular weight is 310 g/mol. The van der Waals surface area contributed by atoms with Crippen molar-refractivity contribution in [3.63, 3.8) is 0 Å². The molecule has 1 N–H and O–H groups in total. The van der Waals surface area contributed by atoms with Gasteiger partial charge in [-0.15, -0.1) is 0 Å². The van der Waals surface area contributed by atoms with Crippen LogP contribution in [-0.2, 0) is 20.7 Å². The molecular formula is C16H26N2O4. The summed E-state index contributed by atoms with van der Waals surface area (Å²) in [4.78, 5) is 11.7. The molecule has 0 aromatic carbocycles. The van der Waals surface area contributed by atoms with Crippen LogP contribution in [0, 0.1) is 13.8 Å². The highest BCUT2D eigenvalue weighted by molar-refractivity contribution is 5.77. The van der Waals surface area contributed by atoms with E-state index < -0.39 is 0 Å². The summed E-state index contributed by atoms with van der Waals surface area (Å²) in [5.41, 5.74) is 2.07. The highest BCUT2D eigenvalue weighted by atomic mass is 16.5. The molecule has 2 heterocycles. The Morgan fingerprint density at radius 2 is 2.27 bits per heavy atom. The molecule has 0 radical (unpaired) electrons. The third-order valence-electron chi connectivity index (χ3n) is 3.92. The molecule has 1 aromatic heterocycles. The Balaban J connectivity index is 1.52. The lowest BCUT2D eigenvalue weighted by Gasteiger charge is -2.22. The van der Waals surface area contributed by atoms with Gasteiger partial charge in [0.2, 0.25) is 5.91 Å². The molecule has 1 aliphatic heterocycles. The molecule has 0 aliphatic carbocycles. The second kappa shape index (κ2) is 8.90. The Bertz CT molecular complexity index is 447. The van der Waals surface area contributed by atoms with E-state index in [1.54, 1.807) is 0 Å². The van der Waals surface area contributed by atoms with Crippen molar-refractivity contribution >= 4 is 5.91 Å². The smallest absolute Gasteiger partial charge is 0.245 e. The average Bonchev–Trinajstić information content (AvgIpc) is 2.84. The zero-order chi connectivity index (χ0) is 15.8. The second-order valence-corrected chi connectivity index (χ2v) is 5.76. The minimum absolute atomic E-state index is 0.0745. The zero-order valence-corrected chi connectivity index (χ0v) is 13.5. The fraction of sp³-hybridized carbons (Fsp3) is 0.750. The largest absolute Gasteiger partial charge is 0.376 e. The van der Waals surface area contributed by atoms with E-state index in [9.17, 15) is 4.79 Å². The molecule has 0 saturated carbocycles. The standard InChI is InChI=1S/C16H26N2O4/c1-12-15(13(2)22-18-12)7-5-8-17-16(19)11-20-10-14-6-3-4-9-21-14/h14H,3-11H2,1-2H3,(H,17,19)/t14-/m0/s1.